The van der Waals surface area contributed by atoms with Gasteiger partial charge in [0.1, 0.15) is 5.41 Å². The highest BCUT2D eigenvalue weighted by atomic mass is 19.2. The van der Waals surface area contributed by atoms with Crippen LogP contribution in [0.3, 0.4) is 0 Å². The fraction of sp³-hybridized carbons (Fsp3) is 0.579. The molecule has 5 nitrogen and oxygen atoms in total. The van der Waals surface area contributed by atoms with E-state index in [1.807, 2.05) is 0 Å². The highest BCUT2D eigenvalue weighted by Gasteiger charge is 2.58. The molecule has 1 aromatic rings. The molecule has 146 valence electrons. The molecule has 8 heteroatoms. The van der Waals surface area contributed by atoms with E-state index < -0.39 is 40.3 Å². The third kappa shape index (κ3) is 2.90. The Morgan fingerprint density at radius 2 is 1.85 bits per heavy atom. The SMILES string of the molecule is O=C(c1ccc(F)c(F)c1F)N1C[C@H]2CN(CC3CCC3)C[C@@]2(C(=O)O)C1. The second-order valence-electron chi connectivity index (χ2n) is 8.06. The maximum Gasteiger partial charge on any atom is 0.313 e. The van der Waals surface area contributed by atoms with Crippen LogP contribution in [-0.4, -0.2) is 59.5 Å². The lowest BCUT2D eigenvalue weighted by molar-refractivity contribution is -0.148. The summed E-state index contributed by atoms with van der Waals surface area (Å²) >= 11 is 0. The number of hydrogen-bond acceptors (Lipinski definition) is 3. The molecule has 1 amide bonds. The van der Waals surface area contributed by atoms with Gasteiger partial charge < -0.3 is 14.9 Å². The zero-order chi connectivity index (χ0) is 19.3. The molecule has 0 bridgehead atoms. The Hall–Kier alpha value is -2.09. The number of rotatable bonds is 4. The average Bonchev–Trinajstić information content (AvgIpc) is 3.11. The van der Waals surface area contributed by atoms with Crippen molar-refractivity contribution in [2.45, 2.75) is 19.3 Å². The minimum atomic E-state index is -1.69. The van der Waals surface area contributed by atoms with E-state index in [1.54, 1.807) is 0 Å². The van der Waals surface area contributed by atoms with Crippen molar-refractivity contribution in [3.63, 3.8) is 0 Å². The topological polar surface area (TPSA) is 60.9 Å². The number of carboxylic acid groups (broad SMARTS) is 1. The Bertz CT molecular complexity index is 799. The van der Waals surface area contributed by atoms with Crippen LogP contribution in [0.2, 0.25) is 0 Å². The summed E-state index contributed by atoms with van der Waals surface area (Å²) in [6.45, 7) is 1.92. The van der Waals surface area contributed by atoms with E-state index in [1.165, 1.54) is 24.2 Å². The Morgan fingerprint density at radius 3 is 2.44 bits per heavy atom. The van der Waals surface area contributed by atoms with Crippen LogP contribution in [0.5, 0.6) is 0 Å². The van der Waals surface area contributed by atoms with Gasteiger partial charge in [-0.15, -0.1) is 0 Å². The standard InChI is InChI=1S/C19H21F3N2O3/c20-14-5-4-13(15(21)16(14)22)17(25)24-8-12-7-23(6-11-2-1-3-11)9-19(12,10-24)18(26)27/h4-5,11-12H,1-3,6-10H2,(H,26,27)/t12-,19-/m1/s1. The van der Waals surface area contributed by atoms with Crippen molar-refractivity contribution >= 4 is 11.9 Å². The van der Waals surface area contributed by atoms with Crippen LogP contribution >= 0.6 is 0 Å². The molecule has 3 fully saturated rings. The Labute approximate surface area is 154 Å². The van der Waals surface area contributed by atoms with Crippen molar-refractivity contribution in [3.05, 3.63) is 35.1 Å². The molecule has 1 saturated carbocycles. The number of halogens is 3. The van der Waals surface area contributed by atoms with E-state index in [-0.39, 0.29) is 19.0 Å². The first-order chi connectivity index (χ1) is 12.8. The monoisotopic (exact) mass is 382 g/mol. The van der Waals surface area contributed by atoms with Crippen LogP contribution in [0, 0.1) is 34.7 Å². The summed E-state index contributed by atoms with van der Waals surface area (Å²) in [6.07, 6.45) is 3.55. The lowest BCUT2D eigenvalue weighted by atomic mass is 9.81. The number of likely N-dealkylation sites (tertiary alicyclic amines) is 2. The van der Waals surface area contributed by atoms with Gasteiger partial charge in [-0.2, -0.15) is 0 Å². The summed E-state index contributed by atoms with van der Waals surface area (Å²) in [7, 11) is 0. The molecule has 2 saturated heterocycles. The third-order valence-corrected chi connectivity index (χ3v) is 6.40. The molecule has 1 N–H and O–H groups in total. The number of carbonyl (C=O) groups excluding carboxylic acids is 1. The average molecular weight is 382 g/mol. The second kappa shape index (κ2) is 6.51. The number of carbonyl (C=O) groups is 2. The minimum absolute atomic E-state index is 0.0502. The van der Waals surface area contributed by atoms with Gasteiger partial charge in [0.25, 0.3) is 5.91 Å². The fourth-order valence-corrected chi connectivity index (χ4v) is 4.67. The highest BCUT2D eigenvalue weighted by Crippen LogP contribution is 2.44. The number of amides is 1. The quantitative estimate of drug-likeness (QED) is 0.813. The molecule has 27 heavy (non-hydrogen) atoms. The van der Waals surface area contributed by atoms with Gasteiger partial charge in [-0.25, -0.2) is 13.2 Å². The molecular formula is C19H21F3N2O3. The van der Waals surface area contributed by atoms with Crippen LogP contribution in [0.15, 0.2) is 12.1 Å². The number of fused-ring (bicyclic) bond motifs is 1. The molecule has 1 aliphatic carbocycles. The molecule has 0 aromatic heterocycles. The number of carboxylic acids is 1. The first-order valence-corrected chi connectivity index (χ1v) is 9.20. The van der Waals surface area contributed by atoms with Gasteiger partial charge >= 0.3 is 5.97 Å². The van der Waals surface area contributed by atoms with Gasteiger partial charge in [-0.3, -0.25) is 9.59 Å². The van der Waals surface area contributed by atoms with Crippen LogP contribution in [0.1, 0.15) is 29.6 Å². The predicted molar refractivity (Wildman–Crippen MR) is 89.6 cm³/mol. The Balaban J connectivity index is 1.52. The van der Waals surface area contributed by atoms with Gasteiger partial charge in [-0.1, -0.05) is 6.42 Å². The number of nitrogens with zero attached hydrogens (tertiary/aromatic N) is 2. The summed E-state index contributed by atoms with van der Waals surface area (Å²) in [5, 5.41) is 9.85. The van der Waals surface area contributed by atoms with Gasteiger partial charge in [0.2, 0.25) is 0 Å². The smallest absolute Gasteiger partial charge is 0.313 e. The molecule has 3 aliphatic rings. The lowest BCUT2D eigenvalue weighted by Crippen LogP contribution is -2.43. The van der Waals surface area contributed by atoms with Crippen LogP contribution in [-0.2, 0) is 4.79 Å². The van der Waals surface area contributed by atoms with E-state index in [4.69, 9.17) is 0 Å². The van der Waals surface area contributed by atoms with Crippen molar-refractivity contribution < 1.29 is 27.9 Å². The maximum absolute atomic E-state index is 14.0. The summed E-state index contributed by atoms with van der Waals surface area (Å²) in [4.78, 5) is 28.1. The van der Waals surface area contributed by atoms with Crippen LogP contribution in [0.25, 0.3) is 0 Å². The van der Waals surface area contributed by atoms with E-state index >= 15 is 0 Å². The van der Waals surface area contributed by atoms with Crippen molar-refractivity contribution in [1.29, 1.82) is 0 Å². The molecular weight excluding hydrogens is 361 g/mol. The molecule has 2 aliphatic heterocycles. The van der Waals surface area contributed by atoms with Crippen LogP contribution in [0.4, 0.5) is 13.2 Å². The molecule has 0 radical (unpaired) electrons. The van der Waals surface area contributed by atoms with Gasteiger partial charge in [0.05, 0.1) is 5.56 Å². The van der Waals surface area contributed by atoms with Crippen LogP contribution < -0.4 is 0 Å². The molecule has 0 spiro atoms. The summed E-state index contributed by atoms with van der Waals surface area (Å²) in [5.74, 6) is -6.00. The predicted octanol–water partition coefficient (Wildman–Crippen LogP) is 2.36. The van der Waals surface area contributed by atoms with E-state index in [2.05, 4.69) is 4.90 Å². The zero-order valence-electron chi connectivity index (χ0n) is 14.8. The number of hydrogen-bond donors (Lipinski definition) is 1. The van der Waals surface area contributed by atoms with E-state index in [9.17, 15) is 27.9 Å². The first kappa shape index (κ1) is 18.3. The van der Waals surface area contributed by atoms with Gasteiger partial charge in [0, 0.05) is 38.6 Å². The molecule has 0 unspecified atom stereocenters. The lowest BCUT2D eigenvalue weighted by Gasteiger charge is -2.31. The van der Waals surface area contributed by atoms with E-state index in [0.29, 0.717) is 25.1 Å². The summed E-state index contributed by atoms with van der Waals surface area (Å²) in [5.41, 5.74) is -1.66. The Morgan fingerprint density at radius 1 is 1.11 bits per heavy atom. The van der Waals surface area contributed by atoms with Crippen molar-refractivity contribution in [2.75, 3.05) is 32.7 Å². The minimum Gasteiger partial charge on any atom is -0.481 e. The second-order valence-corrected chi connectivity index (χ2v) is 8.06. The summed E-state index contributed by atoms with van der Waals surface area (Å²) < 4.78 is 40.6. The number of benzene rings is 1. The summed E-state index contributed by atoms with van der Waals surface area (Å²) in [6, 6.07) is 1.61. The molecule has 2 atom stereocenters. The number of aliphatic carboxylic acids is 1. The zero-order valence-corrected chi connectivity index (χ0v) is 14.8. The largest absolute Gasteiger partial charge is 0.481 e. The third-order valence-electron chi connectivity index (χ3n) is 6.40. The van der Waals surface area contributed by atoms with Gasteiger partial charge in [-0.05, 0) is 30.9 Å². The van der Waals surface area contributed by atoms with Crippen molar-refractivity contribution in [1.82, 2.24) is 9.80 Å². The highest BCUT2D eigenvalue weighted by molar-refractivity contribution is 5.95. The maximum atomic E-state index is 14.0. The molecule has 4 rings (SSSR count). The van der Waals surface area contributed by atoms with E-state index in [0.717, 1.165) is 12.6 Å². The van der Waals surface area contributed by atoms with Crippen molar-refractivity contribution in [3.8, 4) is 0 Å². The van der Waals surface area contributed by atoms with Gasteiger partial charge in [0.15, 0.2) is 17.5 Å². The molecule has 1 aromatic carbocycles. The fourth-order valence-electron chi connectivity index (χ4n) is 4.67. The first-order valence-electron chi connectivity index (χ1n) is 9.20. The molecule has 2 heterocycles. The normalized spacial score (nSPS) is 28.3. The Kier molecular flexibility index (Phi) is 4.41. The van der Waals surface area contributed by atoms with Crippen molar-refractivity contribution in [2.24, 2.45) is 17.3 Å².